The van der Waals surface area contributed by atoms with Crippen molar-refractivity contribution in [2.45, 2.75) is 18.4 Å². The van der Waals surface area contributed by atoms with Crippen LogP contribution in [0.4, 0.5) is 0 Å². The minimum Gasteiger partial charge on any atom is -0.497 e. The Morgan fingerprint density at radius 3 is 2.90 bits per heavy atom. The molecule has 2 N–H and O–H groups in total. The lowest BCUT2D eigenvalue weighted by Crippen LogP contribution is -2.24. The predicted molar refractivity (Wildman–Crippen MR) is 82.6 cm³/mol. The third-order valence-electron chi connectivity index (χ3n) is 4.56. The Balaban J connectivity index is 1.96. The number of hydrogen-bond acceptors (Lipinski definition) is 2. The third kappa shape index (κ3) is 1.71. The molecule has 0 bridgehead atoms. The van der Waals surface area contributed by atoms with Gasteiger partial charge in [-0.1, -0.05) is 18.2 Å². The van der Waals surface area contributed by atoms with Gasteiger partial charge >= 0.3 is 0 Å². The van der Waals surface area contributed by atoms with Gasteiger partial charge in [0.25, 0.3) is 0 Å². The number of methoxy groups -OCH3 is 1. The molecule has 3 heteroatoms. The number of aryl methyl sites for hydroxylation is 1. The van der Waals surface area contributed by atoms with E-state index in [9.17, 15) is 5.11 Å². The van der Waals surface area contributed by atoms with E-state index in [0.717, 1.165) is 34.2 Å². The van der Waals surface area contributed by atoms with Crippen LogP contribution in [-0.4, -0.2) is 17.2 Å². The van der Waals surface area contributed by atoms with Gasteiger partial charge in [-0.05, 0) is 53.8 Å². The summed E-state index contributed by atoms with van der Waals surface area (Å²) in [6, 6.07) is 14.1. The second kappa shape index (κ2) is 4.37. The number of H-pyrrole nitrogens is 1. The van der Waals surface area contributed by atoms with Crippen molar-refractivity contribution in [2.75, 3.05) is 7.11 Å². The van der Waals surface area contributed by atoms with Gasteiger partial charge in [-0.25, -0.2) is 0 Å². The molecule has 0 radical (unpaired) electrons. The van der Waals surface area contributed by atoms with Gasteiger partial charge in [0.15, 0.2) is 0 Å². The summed E-state index contributed by atoms with van der Waals surface area (Å²) < 4.78 is 5.32. The molecule has 1 aromatic heterocycles. The maximum atomic E-state index is 11.4. The molecule has 3 aromatic rings. The summed E-state index contributed by atoms with van der Waals surface area (Å²) in [5.41, 5.74) is 3.25. The lowest BCUT2D eigenvalue weighted by atomic mass is 9.86. The normalized spacial score (nSPS) is 20.7. The van der Waals surface area contributed by atoms with Gasteiger partial charge in [0.05, 0.1) is 7.11 Å². The van der Waals surface area contributed by atoms with Crippen molar-refractivity contribution >= 4 is 10.9 Å². The van der Waals surface area contributed by atoms with Gasteiger partial charge in [-0.2, -0.15) is 0 Å². The molecule has 0 spiro atoms. The first kappa shape index (κ1) is 12.5. The van der Waals surface area contributed by atoms with Crippen LogP contribution in [0.25, 0.3) is 10.9 Å². The van der Waals surface area contributed by atoms with Crippen molar-refractivity contribution in [1.82, 2.24) is 4.98 Å². The van der Waals surface area contributed by atoms with Gasteiger partial charge in [0.2, 0.25) is 0 Å². The third-order valence-corrected chi connectivity index (χ3v) is 4.56. The zero-order valence-corrected chi connectivity index (χ0v) is 11.9. The largest absolute Gasteiger partial charge is 0.497 e. The smallest absolute Gasteiger partial charge is 0.119 e. The van der Waals surface area contributed by atoms with Crippen molar-refractivity contribution in [3.8, 4) is 5.75 Å². The van der Waals surface area contributed by atoms with E-state index < -0.39 is 5.60 Å². The van der Waals surface area contributed by atoms with Crippen molar-refractivity contribution in [3.63, 3.8) is 0 Å². The van der Waals surface area contributed by atoms with Crippen molar-refractivity contribution in [3.05, 3.63) is 65.4 Å². The predicted octanol–water partition coefficient (Wildman–Crippen LogP) is 3.36. The fourth-order valence-corrected chi connectivity index (χ4v) is 3.46. The van der Waals surface area contributed by atoms with Crippen LogP contribution in [0, 0.1) is 0 Å². The lowest BCUT2D eigenvalue weighted by Gasteiger charge is -2.26. The summed E-state index contributed by atoms with van der Waals surface area (Å²) >= 11 is 0. The zero-order chi connectivity index (χ0) is 14.4. The SMILES string of the molecule is COc1ccc2c(c1)C(O)(c1cccc3[nH]ccc13)CC2. The van der Waals surface area contributed by atoms with Crippen LogP contribution < -0.4 is 4.74 Å². The molecule has 1 heterocycles. The van der Waals surface area contributed by atoms with Gasteiger partial charge in [0, 0.05) is 17.1 Å². The average Bonchev–Trinajstić information content (AvgIpc) is 3.12. The highest BCUT2D eigenvalue weighted by Gasteiger charge is 2.39. The van der Waals surface area contributed by atoms with E-state index in [2.05, 4.69) is 11.1 Å². The van der Waals surface area contributed by atoms with Crippen LogP contribution >= 0.6 is 0 Å². The summed E-state index contributed by atoms with van der Waals surface area (Å²) in [4.78, 5) is 3.21. The maximum absolute atomic E-state index is 11.4. The number of aromatic amines is 1. The lowest BCUT2D eigenvalue weighted by molar-refractivity contribution is 0.0843. The van der Waals surface area contributed by atoms with E-state index in [4.69, 9.17) is 4.74 Å². The zero-order valence-electron chi connectivity index (χ0n) is 11.9. The Kier molecular flexibility index (Phi) is 2.59. The highest BCUT2D eigenvalue weighted by atomic mass is 16.5. The number of hydrogen-bond donors (Lipinski definition) is 2. The molecular formula is C18H17NO2. The first-order valence-electron chi connectivity index (χ1n) is 7.19. The quantitative estimate of drug-likeness (QED) is 0.755. The summed E-state index contributed by atoms with van der Waals surface area (Å²) in [5.74, 6) is 0.787. The Hall–Kier alpha value is -2.26. The first-order valence-corrected chi connectivity index (χ1v) is 7.19. The molecule has 0 fully saturated rings. The first-order chi connectivity index (χ1) is 10.2. The molecule has 106 valence electrons. The van der Waals surface area contributed by atoms with E-state index in [1.165, 1.54) is 5.56 Å². The van der Waals surface area contributed by atoms with E-state index in [0.29, 0.717) is 6.42 Å². The van der Waals surface area contributed by atoms with E-state index in [-0.39, 0.29) is 0 Å². The molecule has 0 saturated carbocycles. The van der Waals surface area contributed by atoms with Crippen LogP contribution in [0.1, 0.15) is 23.1 Å². The molecule has 1 unspecified atom stereocenters. The van der Waals surface area contributed by atoms with Crippen LogP contribution in [0.15, 0.2) is 48.7 Å². The molecule has 21 heavy (non-hydrogen) atoms. The topological polar surface area (TPSA) is 45.2 Å². The van der Waals surface area contributed by atoms with Gasteiger partial charge in [0.1, 0.15) is 11.4 Å². The molecule has 0 amide bonds. The van der Waals surface area contributed by atoms with Crippen molar-refractivity contribution < 1.29 is 9.84 Å². The van der Waals surface area contributed by atoms with Crippen LogP contribution in [0.5, 0.6) is 5.75 Å². The van der Waals surface area contributed by atoms with Gasteiger partial charge in [-0.15, -0.1) is 0 Å². The number of ether oxygens (including phenoxy) is 1. The minimum atomic E-state index is -0.939. The second-order valence-corrected chi connectivity index (χ2v) is 5.63. The van der Waals surface area contributed by atoms with Crippen LogP contribution in [-0.2, 0) is 12.0 Å². The van der Waals surface area contributed by atoms with Crippen LogP contribution in [0.3, 0.4) is 0 Å². The Morgan fingerprint density at radius 1 is 1.14 bits per heavy atom. The Morgan fingerprint density at radius 2 is 2.05 bits per heavy atom. The molecular weight excluding hydrogens is 262 g/mol. The molecule has 1 aliphatic rings. The molecule has 1 aliphatic carbocycles. The highest BCUT2D eigenvalue weighted by molar-refractivity contribution is 5.84. The fraction of sp³-hybridized carbons (Fsp3) is 0.222. The van der Waals surface area contributed by atoms with E-state index >= 15 is 0 Å². The van der Waals surface area contributed by atoms with E-state index in [1.54, 1.807) is 7.11 Å². The Labute approximate surface area is 123 Å². The number of aromatic nitrogens is 1. The average molecular weight is 279 g/mol. The highest BCUT2D eigenvalue weighted by Crippen LogP contribution is 2.45. The number of aliphatic hydroxyl groups is 1. The summed E-state index contributed by atoms with van der Waals surface area (Å²) in [7, 11) is 1.66. The van der Waals surface area contributed by atoms with Gasteiger partial charge < -0.3 is 14.8 Å². The molecule has 0 saturated heterocycles. The second-order valence-electron chi connectivity index (χ2n) is 5.63. The van der Waals surface area contributed by atoms with Gasteiger partial charge in [-0.3, -0.25) is 0 Å². The number of rotatable bonds is 2. The Bertz CT molecular complexity index is 821. The molecule has 0 aliphatic heterocycles. The molecule has 1 atom stereocenters. The van der Waals surface area contributed by atoms with E-state index in [1.807, 2.05) is 42.6 Å². The standard InChI is InChI=1S/C18H17NO2/c1-21-13-6-5-12-7-9-18(20,16(12)11-13)15-3-2-4-17-14(15)8-10-19-17/h2-6,8,10-11,19-20H,7,9H2,1H3. The van der Waals surface area contributed by atoms with Crippen molar-refractivity contribution in [2.24, 2.45) is 0 Å². The number of benzene rings is 2. The summed E-state index contributed by atoms with van der Waals surface area (Å²) in [5, 5.41) is 12.5. The fourth-order valence-electron chi connectivity index (χ4n) is 3.46. The van der Waals surface area contributed by atoms with Crippen LogP contribution in [0.2, 0.25) is 0 Å². The number of nitrogens with one attached hydrogen (secondary N) is 1. The molecule has 4 rings (SSSR count). The monoisotopic (exact) mass is 279 g/mol. The molecule has 3 nitrogen and oxygen atoms in total. The summed E-state index contributed by atoms with van der Waals surface area (Å²) in [6.07, 6.45) is 3.51. The van der Waals surface area contributed by atoms with Crippen molar-refractivity contribution in [1.29, 1.82) is 0 Å². The molecule has 2 aromatic carbocycles. The maximum Gasteiger partial charge on any atom is 0.119 e. The minimum absolute atomic E-state index is 0.708. The summed E-state index contributed by atoms with van der Waals surface area (Å²) in [6.45, 7) is 0. The number of fused-ring (bicyclic) bond motifs is 2.